The van der Waals surface area contributed by atoms with Crippen LogP contribution in [0.15, 0.2) is 35.4 Å². The number of benzene rings is 1. The summed E-state index contributed by atoms with van der Waals surface area (Å²) in [5.74, 6) is 0.555. The summed E-state index contributed by atoms with van der Waals surface area (Å²) in [7, 11) is 1.54. The van der Waals surface area contributed by atoms with E-state index in [2.05, 4.69) is 6.07 Å². The lowest BCUT2D eigenvalue weighted by Gasteiger charge is -2.06. The molecule has 0 aliphatic heterocycles. The molecule has 0 amide bonds. The lowest BCUT2D eigenvalue weighted by molar-refractivity contribution is 0.413. The molecule has 0 bridgehead atoms. The smallest absolute Gasteiger partial charge is 0.328 e. The lowest BCUT2D eigenvalue weighted by atomic mass is 10.1. The van der Waals surface area contributed by atoms with Gasteiger partial charge in [0, 0.05) is 18.4 Å². The predicted molar refractivity (Wildman–Crippen MR) is 73.8 cm³/mol. The van der Waals surface area contributed by atoms with Crippen molar-refractivity contribution in [1.82, 2.24) is 9.13 Å². The highest BCUT2D eigenvalue weighted by atomic mass is 16.5. The average Bonchev–Trinajstić information content (AvgIpc) is 3.25. The summed E-state index contributed by atoms with van der Waals surface area (Å²) in [6, 6.07) is 7.89. The van der Waals surface area contributed by atoms with E-state index in [4.69, 9.17) is 10.00 Å². The minimum atomic E-state index is 0.0156. The standard InChI is InChI=1S/C15H15N3O2/c1-20-14-5-2-11(8-12(14)9-16)10-17-6-7-18(15(17)19)13-3-4-13/h2,5-8,13H,3-4,10H2,1H3. The van der Waals surface area contributed by atoms with E-state index in [1.54, 1.807) is 27.5 Å². The van der Waals surface area contributed by atoms with Crippen molar-refractivity contribution in [2.24, 2.45) is 0 Å². The van der Waals surface area contributed by atoms with Gasteiger partial charge < -0.3 is 4.74 Å². The van der Waals surface area contributed by atoms with Crippen molar-refractivity contribution >= 4 is 0 Å². The van der Waals surface area contributed by atoms with Gasteiger partial charge in [0.25, 0.3) is 0 Å². The van der Waals surface area contributed by atoms with Gasteiger partial charge in [-0.2, -0.15) is 5.26 Å². The van der Waals surface area contributed by atoms with Gasteiger partial charge in [-0.25, -0.2) is 4.79 Å². The van der Waals surface area contributed by atoms with E-state index in [0.29, 0.717) is 23.9 Å². The fourth-order valence-corrected chi connectivity index (χ4v) is 2.32. The Morgan fingerprint density at radius 3 is 2.85 bits per heavy atom. The first-order valence-corrected chi connectivity index (χ1v) is 6.57. The van der Waals surface area contributed by atoms with Crippen LogP contribution < -0.4 is 10.4 Å². The average molecular weight is 269 g/mol. The van der Waals surface area contributed by atoms with E-state index in [1.165, 1.54) is 7.11 Å². The SMILES string of the molecule is COc1ccc(Cn2ccn(C3CC3)c2=O)cc1C#N. The van der Waals surface area contributed by atoms with Crippen LogP contribution in [-0.4, -0.2) is 16.2 Å². The predicted octanol–water partition coefficient (Wildman–Crippen LogP) is 1.91. The van der Waals surface area contributed by atoms with Gasteiger partial charge in [-0.05, 0) is 30.5 Å². The maximum Gasteiger partial charge on any atom is 0.328 e. The zero-order valence-electron chi connectivity index (χ0n) is 11.2. The van der Waals surface area contributed by atoms with Crippen LogP contribution in [0.2, 0.25) is 0 Å². The molecule has 3 rings (SSSR count). The summed E-state index contributed by atoms with van der Waals surface area (Å²) in [6.07, 6.45) is 5.82. The van der Waals surface area contributed by atoms with Gasteiger partial charge in [0.1, 0.15) is 11.8 Å². The third-order valence-electron chi connectivity index (χ3n) is 3.55. The molecule has 1 aromatic carbocycles. The molecule has 0 unspecified atom stereocenters. The number of rotatable bonds is 4. The topological polar surface area (TPSA) is 59.9 Å². The highest BCUT2D eigenvalue weighted by Crippen LogP contribution is 2.33. The van der Waals surface area contributed by atoms with Gasteiger partial charge in [-0.1, -0.05) is 6.07 Å². The number of hydrogen-bond acceptors (Lipinski definition) is 3. The van der Waals surface area contributed by atoms with E-state index in [-0.39, 0.29) is 5.69 Å². The second kappa shape index (κ2) is 4.89. The van der Waals surface area contributed by atoms with Gasteiger partial charge in [-0.3, -0.25) is 9.13 Å². The summed E-state index contributed by atoms with van der Waals surface area (Å²) in [6.45, 7) is 0.469. The van der Waals surface area contributed by atoms with Crippen LogP contribution in [0.1, 0.15) is 30.0 Å². The number of hydrogen-bond donors (Lipinski definition) is 0. The van der Waals surface area contributed by atoms with E-state index in [1.807, 2.05) is 12.3 Å². The molecule has 1 aliphatic rings. The van der Waals surface area contributed by atoms with E-state index in [9.17, 15) is 4.79 Å². The number of nitrogens with zero attached hydrogens (tertiary/aromatic N) is 3. The Kier molecular flexibility index (Phi) is 3.07. The molecular weight excluding hydrogens is 254 g/mol. The van der Waals surface area contributed by atoms with Crippen LogP contribution in [0.3, 0.4) is 0 Å². The number of methoxy groups -OCH3 is 1. The molecule has 2 aromatic rings. The number of nitriles is 1. The lowest BCUT2D eigenvalue weighted by Crippen LogP contribution is -2.23. The minimum Gasteiger partial charge on any atom is -0.495 e. The first kappa shape index (κ1) is 12.5. The fourth-order valence-electron chi connectivity index (χ4n) is 2.32. The Morgan fingerprint density at radius 1 is 1.40 bits per heavy atom. The van der Waals surface area contributed by atoms with Gasteiger partial charge in [-0.15, -0.1) is 0 Å². The van der Waals surface area contributed by atoms with Crippen LogP contribution >= 0.6 is 0 Å². The van der Waals surface area contributed by atoms with Crippen molar-refractivity contribution in [2.45, 2.75) is 25.4 Å². The number of ether oxygens (including phenoxy) is 1. The molecule has 5 heteroatoms. The summed E-state index contributed by atoms with van der Waals surface area (Å²) in [5, 5.41) is 9.08. The Bertz CT molecular complexity index is 732. The molecule has 1 aliphatic carbocycles. The van der Waals surface area contributed by atoms with E-state index < -0.39 is 0 Å². The quantitative estimate of drug-likeness (QED) is 0.852. The third-order valence-corrected chi connectivity index (χ3v) is 3.55. The first-order chi connectivity index (χ1) is 9.72. The molecule has 1 fully saturated rings. The molecule has 0 spiro atoms. The molecule has 0 radical (unpaired) electrons. The van der Waals surface area contributed by atoms with Crippen molar-refractivity contribution in [3.63, 3.8) is 0 Å². The molecule has 5 nitrogen and oxygen atoms in total. The molecule has 1 saturated carbocycles. The maximum absolute atomic E-state index is 12.2. The Balaban J connectivity index is 1.88. The van der Waals surface area contributed by atoms with Crippen molar-refractivity contribution in [2.75, 3.05) is 7.11 Å². The zero-order valence-corrected chi connectivity index (χ0v) is 11.2. The minimum absolute atomic E-state index is 0.0156. The molecular formula is C15H15N3O2. The second-order valence-corrected chi connectivity index (χ2v) is 4.99. The van der Waals surface area contributed by atoms with Gasteiger partial charge in [0.15, 0.2) is 0 Å². The van der Waals surface area contributed by atoms with Crippen molar-refractivity contribution in [1.29, 1.82) is 5.26 Å². The van der Waals surface area contributed by atoms with Crippen LogP contribution in [0.4, 0.5) is 0 Å². The Labute approximate surface area is 116 Å². The molecule has 102 valence electrons. The van der Waals surface area contributed by atoms with Gasteiger partial charge >= 0.3 is 5.69 Å². The van der Waals surface area contributed by atoms with Gasteiger partial charge in [0.05, 0.1) is 19.2 Å². The molecule has 0 saturated heterocycles. The summed E-state index contributed by atoms with van der Waals surface area (Å²) >= 11 is 0. The third kappa shape index (κ3) is 2.21. The molecule has 0 N–H and O–H groups in total. The number of aromatic nitrogens is 2. The maximum atomic E-state index is 12.2. The van der Waals surface area contributed by atoms with Crippen LogP contribution in [0, 0.1) is 11.3 Å². The van der Waals surface area contributed by atoms with Gasteiger partial charge in [0.2, 0.25) is 0 Å². The molecule has 20 heavy (non-hydrogen) atoms. The van der Waals surface area contributed by atoms with E-state index in [0.717, 1.165) is 18.4 Å². The van der Waals surface area contributed by atoms with Crippen molar-refractivity contribution in [3.05, 3.63) is 52.2 Å². The Hall–Kier alpha value is -2.48. The van der Waals surface area contributed by atoms with Crippen molar-refractivity contribution < 1.29 is 4.74 Å². The highest BCUT2D eigenvalue weighted by molar-refractivity contribution is 5.45. The van der Waals surface area contributed by atoms with Crippen LogP contribution in [0.25, 0.3) is 0 Å². The fraction of sp³-hybridized carbons (Fsp3) is 0.333. The second-order valence-electron chi connectivity index (χ2n) is 4.99. The molecule has 1 aromatic heterocycles. The monoisotopic (exact) mass is 269 g/mol. The number of imidazole rings is 1. The van der Waals surface area contributed by atoms with Crippen LogP contribution in [-0.2, 0) is 6.54 Å². The summed E-state index contributed by atoms with van der Waals surface area (Å²) < 4.78 is 8.57. The normalized spacial score (nSPS) is 14.0. The zero-order chi connectivity index (χ0) is 14.1. The molecule has 0 atom stereocenters. The van der Waals surface area contributed by atoms with Crippen molar-refractivity contribution in [3.8, 4) is 11.8 Å². The summed E-state index contributed by atoms with van der Waals surface area (Å²) in [4.78, 5) is 12.2. The molecule has 1 heterocycles. The summed E-state index contributed by atoms with van der Waals surface area (Å²) in [5.41, 5.74) is 1.42. The van der Waals surface area contributed by atoms with Crippen LogP contribution in [0.5, 0.6) is 5.75 Å². The highest BCUT2D eigenvalue weighted by Gasteiger charge is 2.25. The largest absolute Gasteiger partial charge is 0.495 e. The van der Waals surface area contributed by atoms with E-state index >= 15 is 0 Å². The Morgan fingerprint density at radius 2 is 2.20 bits per heavy atom. The first-order valence-electron chi connectivity index (χ1n) is 6.57.